The van der Waals surface area contributed by atoms with Gasteiger partial charge in [-0.15, -0.1) is 4.98 Å². The van der Waals surface area contributed by atoms with Crippen LogP contribution in [0.5, 0.6) is 12.0 Å². The molecule has 146 valence electrons. The molecule has 2 aromatic rings. The average molecular weight is 374 g/mol. The summed E-state index contributed by atoms with van der Waals surface area (Å²) >= 11 is 0. The molecular formula is C17H26N8O2. The van der Waals surface area contributed by atoms with Crippen LogP contribution in [0.3, 0.4) is 0 Å². The van der Waals surface area contributed by atoms with Crippen LogP contribution in [0.25, 0.3) is 0 Å². The van der Waals surface area contributed by atoms with Gasteiger partial charge in [0.05, 0.1) is 14.2 Å². The third-order valence-electron chi connectivity index (χ3n) is 4.63. The molecule has 0 bridgehead atoms. The molecule has 0 amide bonds. The number of piperidine rings is 1. The van der Waals surface area contributed by atoms with Crippen molar-refractivity contribution < 1.29 is 9.47 Å². The molecule has 10 nitrogen and oxygen atoms in total. The molecule has 0 atom stereocenters. The first-order valence-electron chi connectivity index (χ1n) is 8.84. The predicted octanol–water partition coefficient (Wildman–Crippen LogP) is 0.850. The highest BCUT2D eigenvalue weighted by Crippen LogP contribution is 2.24. The normalized spacial score (nSPS) is 14.8. The van der Waals surface area contributed by atoms with Gasteiger partial charge in [-0.3, -0.25) is 0 Å². The number of nitrogens with zero attached hydrogens (tertiary/aromatic N) is 8. The Balaban J connectivity index is 1.67. The van der Waals surface area contributed by atoms with Crippen molar-refractivity contribution in [3.05, 3.63) is 12.3 Å². The van der Waals surface area contributed by atoms with Gasteiger partial charge in [-0.2, -0.15) is 15.0 Å². The molecule has 3 rings (SSSR count). The van der Waals surface area contributed by atoms with Crippen LogP contribution in [0.15, 0.2) is 12.3 Å². The lowest BCUT2D eigenvalue weighted by Crippen LogP contribution is -2.44. The van der Waals surface area contributed by atoms with E-state index in [0.717, 1.165) is 31.7 Å². The van der Waals surface area contributed by atoms with Crippen LogP contribution in [0.4, 0.5) is 17.7 Å². The molecule has 3 heterocycles. The first-order chi connectivity index (χ1) is 13.0. The molecular weight excluding hydrogens is 348 g/mol. The van der Waals surface area contributed by atoms with E-state index in [1.165, 1.54) is 14.2 Å². The van der Waals surface area contributed by atoms with Crippen LogP contribution in [0.2, 0.25) is 0 Å². The third kappa shape index (κ3) is 4.26. The van der Waals surface area contributed by atoms with Gasteiger partial charge in [-0.05, 0) is 18.9 Å². The highest BCUT2D eigenvalue weighted by molar-refractivity contribution is 5.44. The van der Waals surface area contributed by atoms with Crippen molar-refractivity contribution in [1.29, 1.82) is 0 Å². The zero-order valence-electron chi connectivity index (χ0n) is 16.5. The molecule has 0 radical (unpaired) electrons. The van der Waals surface area contributed by atoms with Gasteiger partial charge in [-0.25, -0.2) is 4.98 Å². The van der Waals surface area contributed by atoms with Crippen LogP contribution in [0, 0.1) is 0 Å². The topological polar surface area (TPSA) is 92.6 Å². The van der Waals surface area contributed by atoms with Crippen LogP contribution in [-0.4, -0.2) is 79.4 Å². The number of methoxy groups -OCH3 is 2. The zero-order chi connectivity index (χ0) is 19.4. The molecule has 1 fully saturated rings. The fraction of sp³-hybridized carbons (Fsp3) is 0.588. The Bertz CT molecular complexity index is 742. The van der Waals surface area contributed by atoms with Crippen molar-refractivity contribution in [2.75, 3.05) is 63.2 Å². The maximum absolute atomic E-state index is 5.14. The summed E-state index contributed by atoms with van der Waals surface area (Å²) < 4.78 is 10.3. The molecule has 1 aliphatic rings. The van der Waals surface area contributed by atoms with Crippen molar-refractivity contribution >= 4 is 17.7 Å². The van der Waals surface area contributed by atoms with E-state index in [1.807, 2.05) is 25.1 Å². The van der Waals surface area contributed by atoms with Gasteiger partial charge in [0.1, 0.15) is 5.82 Å². The summed E-state index contributed by atoms with van der Waals surface area (Å²) in [7, 11) is 9.02. The van der Waals surface area contributed by atoms with Gasteiger partial charge < -0.3 is 24.2 Å². The van der Waals surface area contributed by atoms with Crippen molar-refractivity contribution in [2.45, 2.75) is 18.9 Å². The predicted molar refractivity (Wildman–Crippen MR) is 103 cm³/mol. The van der Waals surface area contributed by atoms with Crippen LogP contribution in [-0.2, 0) is 0 Å². The quantitative estimate of drug-likeness (QED) is 0.724. The number of hydrogen-bond acceptors (Lipinski definition) is 10. The van der Waals surface area contributed by atoms with Gasteiger partial charge in [0.15, 0.2) is 0 Å². The molecule has 10 heteroatoms. The van der Waals surface area contributed by atoms with E-state index in [4.69, 9.17) is 9.47 Å². The van der Waals surface area contributed by atoms with Crippen LogP contribution >= 0.6 is 0 Å². The molecule has 0 spiro atoms. The monoisotopic (exact) mass is 374 g/mol. The van der Waals surface area contributed by atoms with Crippen molar-refractivity contribution in [3.8, 4) is 12.0 Å². The zero-order valence-corrected chi connectivity index (χ0v) is 16.5. The fourth-order valence-electron chi connectivity index (χ4n) is 3.04. The Morgan fingerprint density at radius 2 is 1.59 bits per heavy atom. The lowest BCUT2D eigenvalue weighted by molar-refractivity contribution is 0.338. The first kappa shape index (κ1) is 18.9. The lowest BCUT2D eigenvalue weighted by atomic mass is 10.0. The number of ether oxygens (including phenoxy) is 2. The van der Waals surface area contributed by atoms with Crippen molar-refractivity contribution in [1.82, 2.24) is 24.9 Å². The Morgan fingerprint density at radius 1 is 0.963 bits per heavy atom. The minimum absolute atomic E-state index is 0.258. The third-order valence-corrected chi connectivity index (χ3v) is 4.63. The number of hydrogen-bond donors (Lipinski definition) is 0. The van der Waals surface area contributed by atoms with Gasteiger partial charge >= 0.3 is 12.0 Å². The molecule has 0 saturated carbocycles. The molecule has 0 aromatic carbocycles. The molecule has 27 heavy (non-hydrogen) atoms. The van der Waals surface area contributed by atoms with Gasteiger partial charge in [0.25, 0.3) is 0 Å². The second-order valence-corrected chi connectivity index (χ2v) is 6.55. The minimum Gasteiger partial charge on any atom is -0.467 e. The summed E-state index contributed by atoms with van der Waals surface area (Å²) in [6.45, 7) is 1.66. The second kappa shape index (κ2) is 8.19. The van der Waals surface area contributed by atoms with Crippen molar-refractivity contribution in [3.63, 3.8) is 0 Å². The molecule has 2 aromatic heterocycles. The van der Waals surface area contributed by atoms with E-state index < -0.39 is 0 Å². The number of anilines is 3. The Hall–Kier alpha value is -2.91. The molecule has 1 saturated heterocycles. The van der Waals surface area contributed by atoms with E-state index in [2.05, 4.69) is 41.8 Å². The van der Waals surface area contributed by atoms with E-state index in [9.17, 15) is 0 Å². The van der Waals surface area contributed by atoms with Gasteiger partial charge in [0, 0.05) is 46.5 Å². The second-order valence-electron chi connectivity index (χ2n) is 6.55. The summed E-state index contributed by atoms with van der Waals surface area (Å²) in [5.74, 6) is 2.22. The summed E-state index contributed by atoms with van der Waals surface area (Å²) in [5.41, 5.74) is 0. The smallest absolute Gasteiger partial charge is 0.324 e. The maximum atomic E-state index is 5.14. The molecule has 1 aliphatic heterocycles. The number of rotatable bonds is 6. The largest absolute Gasteiger partial charge is 0.467 e. The Kier molecular flexibility index (Phi) is 5.72. The first-order valence-corrected chi connectivity index (χ1v) is 8.84. The van der Waals surface area contributed by atoms with Crippen LogP contribution in [0.1, 0.15) is 12.8 Å². The van der Waals surface area contributed by atoms with E-state index in [0.29, 0.717) is 17.9 Å². The standard InChI is InChI=1S/C17H26N8O2/c1-23(2)14-18-9-6-13(19-14)24(3)12-7-10-25(11-8-12)15-20-16(26-4)22-17(21-15)27-5/h6,9,12H,7-8,10-11H2,1-5H3. The van der Waals surface area contributed by atoms with E-state index >= 15 is 0 Å². The summed E-state index contributed by atoms with van der Waals surface area (Å²) in [5, 5.41) is 0. The number of aromatic nitrogens is 5. The average Bonchev–Trinajstić information content (AvgIpc) is 2.73. The van der Waals surface area contributed by atoms with E-state index in [1.54, 1.807) is 6.20 Å². The lowest BCUT2D eigenvalue weighted by Gasteiger charge is -2.37. The van der Waals surface area contributed by atoms with Gasteiger partial charge in [0.2, 0.25) is 11.9 Å². The highest BCUT2D eigenvalue weighted by atomic mass is 16.5. The van der Waals surface area contributed by atoms with Crippen molar-refractivity contribution in [2.24, 2.45) is 0 Å². The highest BCUT2D eigenvalue weighted by Gasteiger charge is 2.26. The Labute approximate surface area is 159 Å². The molecule has 0 unspecified atom stereocenters. The molecule has 0 aliphatic carbocycles. The summed E-state index contributed by atoms with van der Waals surface area (Å²) in [4.78, 5) is 27.9. The minimum atomic E-state index is 0.258. The summed E-state index contributed by atoms with van der Waals surface area (Å²) in [6.07, 6.45) is 3.73. The summed E-state index contributed by atoms with van der Waals surface area (Å²) in [6, 6.07) is 2.85. The maximum Gasteiger partial charge on any atom is 0.324 e. The fourth-order valence-corrected chi connectivity index (χ4v) is 3.04. The van der Waals surface area contributed by atoms with Crippen LogP contribution < -0.4 is 24.2 Å². The Morgan fingerprint density at radius 3 is 2.15 bits per heavy atom. The van der Waals surface area contributed by atoms with Gasteiger partial charge in [-0.1, -0.05) is 0 Å². The molecule has 0 N–H and O–H groups in total. The van der Waals surface area contributed by atoms with E-state index in [-0.39, 0.29) is 12.0 Å². The SMILES string of the molecule is COc1nc(OC)nc(N2CCC(N(C)c3ccnc(N(C)C)n3)CC2)n1.